The lowest BCUT2D eigenvalue weighted by Crippen LogP contribution is -2.02. The topological polar surface area (TPSA) is 38.7 Å². The zero-order valence-electron chi connectivity index (χ0n) is 3.94. The van der Waals surface area contributed by atoms with E-state index in [2.05, 4.69) is 16.3 Å². The Kier molecular flexibility index (Phi) is 2.31. The molecule has 1 aliphatic rings. The minimum Gasteiger partial charge on any atom is -0.344 e. The van der Waals surface area contributed by atoms with Crippen molar-refractivity contribution >= 4 is 28.9 Å². The monoisotopic (exact) mass is 172 g/mol. The van der Waals surface area contributed by atoms with Gasteiger partial charge in [-0.3, -0.25) is 4.52 Å². The average Bonchev–Trinajstić information content (AvgIpc) is 1.65. The molecule has 0 bridgehead atoms. The highest BCUT2D eigenvalue weighted by atomic mass is 32.9. The van der Waals surface area contributed by atoms with Crippen LogP contribution in [0.3, 0.4) is 0 Å². The Morgan fingerprint density at radius 3 is 2.75 bits per heavy atom. The van der Waals surface area contributed by atoms with Crippen LogP contribution in [0.1, 0.15) is 0 Å². The van der Waals surface area contributed by atoms with E-state index < -0.39 is 5.69 Å². The van der Waals surface area contributed by atoms with Crippen LogP contribution in [0.2, 0.25) is 0 Å². The maximum atomic E-state index is 8.96. The van der Waals surface area contributed by atoms with Crippen molar-refractivity contribution in [1.82, 2.24) is 0 Å². The predicted octanol–water partition coefficient (Wildman–Crippen LogP) is 0.898. The predicted molar refractivity (Wildman–Crippen MR) is 36.0 cm³/mol. The van der Waals surface area contributed by atoms with Gasteiger partial charge in [0.15, 0.2) is 6.79 Å². The van der Waals surface area contributed by atoms with Crippen LogP contribution >= 0.6 is 17.1 Å². The maximum absolute atomic E-state index is 8.96. The fourth-order valence-corrected chi connectivity index (χ4v) is 2.33. The van der Waals surface area contributed by atoms with Gasteiger partial charge in [-0.1, -0.05) is 0 Å². The van der Waals surface area contributed by atoms with E-state index in [4.69, 9.17) is 9.63 Å². The second kappa shape index (κ2) is 2.64. The molecule has 1 saturated heterocycles. The van der Waals surface area contributed by atoms with Crippen molar-refractivity contribution < 1.29 is 14.2 Å². The Balaban J connectivity index is 2.45. The van der Waals surface area contributed by atoms with Gasteiger partial charge in [-0.15, -0.1) is 0 Å². The van der Waals surface area contributed by atoms with Gasteiger partial charge in [0.05, 0.1) is 0 Å². The van der Waals surface area contributed by atoms with Crippen LogP contribution in [0, 0.1) is 0 Å². The quantitative estimate of drug-likeness (QED) is 0.549. The number of hydrogen-bond donors (Lipinski definition) is 1. The molecular formula is C2H5O3PS2. The summed E-state index contributed by atoms with van der Waals surface area (Å²) in [5, 5.41) is 0. The van der Waals surface area contributed by atoms with E-state index in [1.807, 2.05) is 0 Å². The summed E-state index contributed by atoms with van der Waals surface area (Å²) in [6, 6.07) is 0. The molecule has 1 N–H and O–H groups in total. The van der Waals surface area contributed by atoms with Gasteiger partial charge in [-0.2, -0.15) is 0 Å². The normalized spacial score (nSPS) is 39.6. The highest BCUT2D eigenvalue weighted by Crippen LogP contribution is 2.57. The highest BCUT2D eigenvalue weighted by molar-refractivity contribution is 8.67. The molecule has 6 heteroatoms. The lowest BCUT2D eigenvalue weighted by atomic mass is 11.4. The molecular weight excluding hydrogens is 167 g/mol. The van der Waals surface area contributed by atoms with E-state index in [1.54, 1.807) is 0 Å². The van der Waals surface area contributed by atoms with Crippen LogP contribution in [-0.2, 0) is 21.1 Å². The zero-order valence-corrected chi connectivity index (χ0v) is 6.47. The van der Waals surface area contributed by atoms with Gasteiger partial charge in [-0.25, -0.2) is 0 Å². The molecule has 0 aromatic rings. The summed E-state index contributed by atoms with van der Waals surface area (Å²) in [7, 11) is 0. The largest absolute Gasteiger partial charge is 0.344 e. The third-order valence-corrected chi connectivity index (χ3v) is 4.50. The molecule has 0 radical (unpaired) electrons. The Morgan fingerprint density at radius 1 is 1.75 bits per heavy atom. The molecule has 1 atom stereocenters. The first-order chi connectivity index (χ1) is 3.71. The molecule has 1 fully saturated rings. The van der Waals surface area contributed by atoms with Gasteiger partial charge >= 0.3 is 0 Å². The van der Waals surface area contributed by atoms with E-state index in [0.717, 1.165) is 11.4 Å². The van der Waals surface area contributed by atoms with Gasteiger partial charge < -0.3 is 9.63 Å². The number of rotatable bonds is 0. The third kappa shape index (κ3) is 2.01. The minimum atomic E-state index is -2.46. The zero-order chi connectivity index (χ0) is 6.04. The van der Waals surface area contributed by atoms with Crippen molar-refractivity contribution in [3.8, 4) is 0 Å². The first-order valence-electron chi connectivity index (χ1n) is 1.90. The lowest BCUT2D eigenvalue weighted by Gasteiger charge is -2.19. The maximum Gasteiger partial charge on any atom is 0.249 e. The second-order valence-electron chi connectivity index (χ2n) is 1.17. The standard InChI is InChI=1S/C2H5O3PS2/c3-6(7)5-1-4-2-8-6/h1-2H2,(H,3,7). The molecule has 48 valence electrons. The van der Waals surface area contributed by atoms with Crippen LogP contribution in [0.15, 0.2) is 0 Å². The molecule has 8 heavy (non-hydrogen) atoms. The SMILES string of the molecule is OP1(=S)OCOCS1. The fraction of sp³-hybridized carbons (Fsp3) is 1.00. The van der Waals surface area contributed by atoms with E-state index >= 15 is 0 Å². The smallest absolute Gasteiger partial charge is 0.249 e. The third-order valence-electron chi connectivity index (χ3n) is 0.598. The molecule has 0 amide bonds. The average molecular weight is 172 g/mol. The van der Waals surface area contributed by atoms with Gasteiger partial charge in [0.25, 0.3) is 0 Å². The van der Waals surface area contributed by atoms with Crippen molar-refractivity contribution in [3.05, 3.63) is 0 Å². The molecule has 1 unspecified atom stereocenters. The molecule has 1 heterocycles. The molecule has 0 saturated carbocycles. The van der Waals surface area contributed by atoms with Gasteiger partial charge in [0.1, 0.15) is 5.94 Å². The Morgan fingerprint density at radius 2 is 2.50 bits per heavy atom. The summed E-state index contributed by atoms with van der Waals surface area (Å²) in [5.74, 6) is 0.452. The van der Waals surface area contributed by atoms with Crippen LogP contribution in [0.25, 0.3) is 0 Å². The van der Waals surface area contributed by atoms with E-state index in [0.29, 0.717) is 5.94 Å². The van der Waals surface area contributed by atoms with Crippen LogP contribution < -0.4 is 0 Å². The number of ether oxygens (including phenoxy) is 1. The van der Waals surface area contributed by atoms with E-state index in [-0.39, 0.29) is 6.79 Å². The molecule has 0 aromatic carbocycles. The molecule has 1 rings (SSSR count). The summed E-state index contributed by atoms with van der Waals surface area (Å²) >= 11 is 5.78. The molecule has 1 aliphatic heterocycles. The van der Waals surface area contributed by atoms with Crippen molar-refractivity contribution in [2.45, 2.75) is 0 Å². The molecule has 0 spiro atoms. The van der Waals surface area contributed by atoms with E-state index in [1.165, 1.54) is 0 Å². The van der Waals surface area contributed by atoms with Crippen molar-refractivity contribution in [1.29, 1.82) is 0 Å². The van der Waals surface area contributed by atoms with Crippen molar-refractivity contribution in [2.75, 3.05) is 12.7 Å². The van der Waals surface area contributed by atoms with E-state index in [9.17, 15) is 0 Å². The Hall–Kier alpha value is 0.880. The van der Waals surface area contributed by atoms with Crippen LogP contribution in [0.4, 0.5) is 0 Å². The Bertz CT molecular complexity index is 116. The lowest BCUT2D eigenvalue weighted by molar-refractivity contribution is 0.0397. The second-order valence-corrected chi connectivity index (χ2v) is 7.29. The van der Waals surface area contributed by atoms with Crippen LogP contribution in [-0.4, -0.2) is 17.6 Å². The molecule has 0 aliphatic carbocycles. The first kappa shape index (κ1) is 6.99. The van der Waals surface area contributed by atoms with Crippen molar-refractivity contribution in [2.24, 2.45) is 0 Å². The van der Waals surface area contributed by atoms with Crippen LogP contribution in [0.5, 0.6) is 0 Å². The van der Waals surface area contributed by atoms with Gasteiger partial charge in [0, 0.05) is 0 Å². The van der Waals surface area contributed by atoms with Gasteiger partial charge in [0.2, 0.25) is 5.69 Å². The summed E-state index contributed by atoms with van der Waals surface area (Å²) in [6.07, 6.45) is 0. The Labute approximate surface area is 56.3 Å². The minimum absolute atomic E-state index is 0.140. The first-order valence-corrected chi connectivity index (χ1v) is 6.17. The summed E-state index contributed by atoms with van der Waals surface area (Å²) in [6.45, 7) is 0.140. The number of hydrogen-bond acceptors (Lipinski definition) is 4. The molecule has 3 nitrogen and oxygen atoms in total. The molecule has 0 aromatic heterocycles. The van der Waals surface area contributed by atoms with Gasteiger partial charge in [-0.05, 0) is 23.2 Å². The highest BCUT2D eigenvalue weighted by Gasteiger charge is 2.18. The fourth-order valence-electron chi connectivity index (χ4n) is 0.279. The summed E-state index contributed by atoms with van der Waals surface area (Å²) in [4.78, 5) is 8.96. The summed E-state index contributed by atoms with van der Waals surface area (Å²) in [5.41, 5.74) is -2.46. The van der Waals surface area contributed by atoms with Crippen molar-refractivity contribution in [3.63, 3.8) is 0 Å². The summed E-state index contributed by atoms with van der Waals surface area (Å²) < 4.78 is 9.43.